The maximum absolute atomic E-state index is 12.7. The van der Waals surface area contributed by atoms with Gasteiger partial charge in [0.1, 0.15) is 10.7 Å². The molecule has 0 bridgehead atoms. The first-order valence-corrected chi connectivity index (χ1v) is 8.53. The van der Waals surface area contributed by atoms with E-state index in [1.807, 2.05) is 5.38 Å². The minimum atomic E-state index is 0.0939. The van der Waals surface area contributed by atoms with E-state index in [1.54, 1.807) is 7.11 Å². The molecular weight excluding hydrogens is 286 g/mol. The van der Waals surface area contributed by atoms with Crippen LogP contribution < -0.4 is 0 Å². The summed E-state index contributed by atoms with van der Waals surface area (Å²) in [6.07, 6.45) is 4.68. The molecule has 2 aliphatic rings. The van der Waals surface area contributed by atoms with Crippen LogP contribution in [0.2, 0.25) is 0 Å². The molecule has 2 saturated heterocycles. The van der Waals surface area contributed by atoms with E-state index in [4.69, 9.17) is 4.74 Å². The molecule has 116 valence electrons. The lowest BCUT2D eigenvalue weighted by atomic mass is 10.0. The molecule has 0 spiro atoms. The highest BCUT2D eigenvalue weighted by atomic mass is 32.1. The van der Waals surface area contributed by atoms with Gasteiger partial charge in [-0.25, -0.2) is 4.98 Å². The second-order valence-electron chi connectivity index (χ2n) is 5.96. The first-order chi connectivity index (χ1) is 10.2. The molecule has 0 N–H and O–H groups in total. The van der Waals surface area contributed by atoms with Crippen LogP contribution in [0.25, 0.3) is 0 Å². The molecule has 1 amide bonds. The third-order valence-corrected chi connectivity index (χ3v) is 5.44. The minimum Gasteiger partial charge on any atom is -0.378 e. The molecule has 0 saturated carbocycles. The fraction of sp³-hybridized carbons (Fsp3) is 0.733. The molecule has 3 heterocycles. The van der Waals surface area contributed by atoms with Crippen molar-refractivity contribution in [2.24, 2.45) is 0 Å². The summed E-state index contributed by atoms with van der Waals surface area (Å²) in [7, 11) is 3.83. The number of likely N-dealkylation sites (tertiary alicyclic amines) is 2. The Labute approximate surface area is 129 Å². The maximum atomic E-state index is 12.7. The Kier molecular flexibility index (Phi) is 4.57. The number of aromatic nitrogens is 1. The summed E-state index contributed by atoms with van der Waals surface area (Å²) in [5, 5.41) is 2.74. The number of carbonyl (C=O) groups excluding carboxylic acids is 1. The van der Waals surface area contributed by atoms with Gasteiger partial charge in [0, 0.05) is 31.1 Å². The average molecular weight is 309 g/mol. The highest BCUT2D eigenvalue weighted by Crippen LogP contribution is 2.30. The van der Waals surface area contributed by atoms with E-state index in [2.05, 4.69) is 21.8 Å². The van der Waals surface area contributed by atoms with Gasteiger partial charge in [0.25, 0.3) is 5.91 Å². The van der Waals surface area contributed by atoms with Gasteiger partial charge < -0.3 is 14.5 Å². The fourth-order valence-electron chi connectivity index (χ4n) is 3.61. The fourth-order valence-corrected chi connectivity index (χ4v) is 4.35. The molecule has 21 heavy (non-hydrogen) atoms. The van der Waals surface area contributed by atoms with Crippen molar-refractivity contribution in [2.75, 3.05) is 27.2 Å². The molecule has 3 rings (SSSR count). The minimum absolute atomic E-state index is 0.0939. The van der Waals surface area contributed by atoms with Crippen molar-refractivity contribution in [3.05, 3.63) is 16.1 Å². The Balaban J connectivity index is 1.73. The van der Waals surface area contributed by atoms with Crippen molar-refractivity contribution in [1.29, 1.82) is 0 Å². The van der Waals surface area contributed by atoms with Gasteiger partial charge in [-0.3, -0.25) is 4.79 Å². The zero-order valence-corrected chi connectivity index (χ0v) is 13.6. The van der Waals surface area contributed by atoms with Crippen LogP contribution in [0.3, 0.4) is 0 Å². The number of carbonyl (C=O) groups is 1. The van der Waals surface area contributed by atoms with Crippen molar-refractivity contribution < 1.29 is 9.53 Å². The van der Waals surface area contributed by atoms with Crippen LogP contribution in [0.15, 0.2) is 5.38 Å². The monoisotopic (exact) mass is 309 g/mol. The Morgan fingerprint density at radius 1 is 1.38 bits per heavy atom. The molecule has 2 atom stereocenters. The number of hydrogen-bond acceptors (Lipinski definition) is 5. The van der Waals surface area contributed by atoms with Crippen molar-refractivity contribution in [3.63, 3.8) is 0 Å². The molecule has 0 radical (unpaired) electrons. The summed E-state index contributed by atoms with van der Waals surface area (Å²) in [6.45, 7) is 2.50. The van der Waals surface area contributed by atoms with E-state index in [-0.39, 0.29) is 5.91 Å². The van der Waals surface area contributed by atoms with Crippen molar-refractivity contribution >= 4 is 17.2 Å². The van der Waals surface area contributed by atoms with Crippen LogP contribution in [0.4, 0.5) is 0 Å². The lowest BCUT2D eigenvalue weighted by molar-refractivity contribution is 0.0658. The molecule has 2 aliphatic heterocycles. The summed E-state index contributed by atoms with van der Waals surface area (Å²) in [6, 6.07) is 0.881. The lowest BCUT2D eigenvalue weighted by Gasteiger charge is -2.32. The van der Waals surface area contributed by atoms with Crippen molar-refractivity contribution in [2.45, 2.75) is 44.4 Å². The molecule has 0 unspecified atom stereocenters. The van der Waals surface area contributed by atoms with E-state index < -0.39 is 0 Å². The molecule has 1 aromatic rings. The third kappa shape index (κ3) is 2.98. The van der Waals surface area contributed by atoms with E-state index in [9.17, 15) is 4.79 Å². The summed E-state index contributed by atoms with van der Waals surface area (Å²) in [5.74, 6) is 0.0939. The van der Waals surface area contributed by atoms with E-state index in [0.717, 1.165) is 30.9 Å². The van der Waals surface area contributed by atoms with E-state index in [0.29, 0.717) is 24.4 Å². The average Bonchev–Trinajstić information content (AvgIpc) is 3.17. The summed E-state index contributed by atoms with van der Waals surface area (Å²) < 4.78 is 5.08. The van der Waals surface area contributed by atoms with Crippen LogP contribution in [0, 0.1) is 0 Å². The Morgan fingerprint density at radius 3 is 2.86 bits per heavy atom. The number of likely N-dealkylation sites (N-methyl/N-ethyl adjacent to an activating group) is 1. The number of hydrogen-bond donors (Lipinski definition) is 0. The first-order valence-electron chi connectivity index (χ1n) is 7.65. The Morgan fingerprint density at radius 2 is 2.14 bits per heavy atom. The zero-order valence-electron chi connectivity index (χ0n) is 12.7. The van der Waals surface area contributed by atoms with Gasteiger partial charge in [-0.2, -0.15) is 0 Å². The number of nitrogens with zero attached hydrogens (tertiary/aromatic N) is 3. The van der Waals surface area contributed by atoms with Gasteiger partial charge in [0.05, 0.1) is 6.61 Å². The van der Waals surface area contributed by atoms with Crippen LogP contribution in [-0.2, 0) is 11.3 Å². The maximum Gasteiger partial charge on any atom is 0.273 e. The van der Waals surface area contributed by atoms with Crippen LogP contribution >= 0.6 is 11.3 Å². The molecule has 0 aromatic carbocycles. The highest BCUT2D eigenvalue weighted by molar-refractivity contribution is 7.09. The van der Waals surface area contributed by atoms with Crippen LogP contribution in [-0.4, -0.2) is 60.0 Å². The second-order valence-corrected chi connectivity index (χ2v) is 6.90. The zero-order chi connectivity index (χ0) is 14.8. The van der Waals surface area contributed by atoms with E-state index in [1.165, 1.54) is 24.2 Å². The highest BCUT2D eigenvalue weighted by Gasteiger charge is 2.39. The Hall–Kier alpha value is -0.980. The topological polar surface area (TPSA) is 45.7 Å². The van der Waals surface area contributed by atoms with Gasteiger partial charge >= 0.3 is 0 Å². The number of rotatable bonds is 4. The lowest BCUT2D eigenvalue weighted by Crippen LogP contribution is -2.47. The summed E-state index contributed by atoms with van der Waals surface area (Å²) in [5.41, 5.74) is 0.583. The normalized spacial score (nSPS) is 26.7. The number of methoxy groups -OCH3 is 1. The largest absolute Gasteiger partial charge is 0.378 e. The smallest absolute Gasteiger partial charge is 0.273 e. The molecule has 0 aliphatic carbocycles. The van der Waals surface area contributed by atoms with Gasteiger partial charge in [-0.15, -0.1) is 11.3 Å². The SMILES string of the molecule is COCc1nc(C(=O)N2CCC[C@@H]2[C@H]2CCCN2C)cs1. The van der Waals surface area contributed by atoms with Gasteiger partial charge in [0.15, 0.2) is 0 Å². The third-order valence-electron chi connectivity index (χ3n) is 4.62. The standard InChI is InChI=1S/C15H23N3O2S/c1-17-7-3-5-12(17)13-6-4-8-18(13)15(19)11-10-21-14(16-11)9-20-2/h10,12-13H,3-9H2,1-2H3/t12-,13-/m1/s1. The molecule has 5 nitrogen and oxygen atoms in total. The number of ether oxygens (including phenoxy) is 1. The summed E-state index contributed by atoms with van der Waals surface area (Å²) in [4.78, 5) is 21.6. The molecule has 2 fully saturated rings. The quantitative estimate of drug-likeness (QED) is 0.853. The van der Waals surface area contributed by atoms with Crippen LogP contribution in [0.1, 0.15) is 41.2 Å². The summed E-state index contributed by atoms with van der Waals surface area (Å²) >= 11 is 1.50. The number of thiazole rings is 1. The first kappa shape index (κ1) is 14.9. The number of amides is 1. The second kappa shape index (κ2) is 6.42. The Bertz CT molecular complexity index is 505. The predicted molar refractivity (Wildman–Crippen MR) is 82.5 cm³/mol. The van der Waals surface area contributed by atoms with Gasteiger partial charge in [-0.1, -0.05) is 0 Å². The van der Waals surface area contributed by atoms with Gasteiger partial charge in [0.2, 0.25) is 0 Å². The van der Waals surface area contributed by atoms with Crippen molar-refractivity contribution in [1.82, 2.24) is 14.8 Å². The van der Waals surface area contributed by atoms with E-state index >= 15 is 0 Å². The molecular formula is C15H23N3O2S. The van der Waals surface area contributed by atoms with Crippen molar-refractivity contribution in [3.8, 4) is 0 Å². The molecule has 6 heteroatoms. The van der Waals surface area contributed by atoms with Gasteiger partial charge in [-0.05, 0) is 39.3 Å². The molecule has 1 aromatic heterocycles. The van der Waals surface area contributed by atoms with Crippen LogP contribution in [0.5, 0.6) is 0 Å². The predicted octanol–water partition coefficient (Wildman–Crippen LogP) is 1.99.